The average molecular weight is 302 g/mol. The molecule has 0 aromatic carbocycles. The second-order valence-corrected chi connectivity index (χ2v) is 8.61. The summed E-state index contributed by atoms with van der Waals surface area (Å²) in [6, 6.07) is -0.0384. The molecule has 1 aliphatic carbocycles. The monoisotopic (exact) mass is 302 g/mol. The zero-order valence-electron chi connectivity index (χ0n) is 10.9. The van der Waals surface area contributed by atoms with Crippen LogP contribution in [-0.2, 0) is 16.3 Å². The van der Waals surface area contributed by atoms with Gasteiger partial charge in [-0.15, -0.1) is 0 Å². The number of thiazole rings is 1. The van der Waals surface area contributed by atoms with Crippen LogP contribution in [-0.4, -0.2) is 42.6 Å². The lowest BCUT2D eigenvalue weighted by Gasteiger charge is -2.32. The fourth-order valence-corrected chi connectivity index (χ4v) is 5.61. The Labute approximate surface area is 117 Å². The van der Waals surface area contributed by atoms with E-state index < -0.39 is 9.84 Å². The number of hydrogen-bond donors (Lipinski definition) is 1. The molecule has 1 aromatic heterocycles. The SMILES string of the molecule is CC1CS(=O)(=O)CCN1c1nc2c(s1)C(O)CCC2. The summed E-state index contributed by atoms with van der Waals surface area (Å²) < 4.78 is 23.2. The van der Waals surface area contributed by atoms with Gasteiger partial charge in [0.1, 0.15) is 0 Å². The molecule has 0 spiro atoms. The average Bonchev–Trinajstić information content (AvgIpc) is 2.72. The van der Waals surface area contributed by atoms with Crippen molar-refractivity contribution in [2.24, 2.45) is 0 Å². The number of hydrogen-bond acceptors (Lipinski definition) is 6. The number of anilines is 1. The Morgan fingerprint density at radius 2 is 2.26 bits per heavy atom. The fourth-order valence-electron chi connectivity index (χ4n) is 2.79. The highest BCUT2D eigenvalue weighted by Crippen LogP contribution is 2.38. The van der Waals surface area contributed by atoms with Crippen LogP contribution in [0.5, 0.6) is 0 Å². The third kappa shape index (κ3) is 2.51. The van der Waals surface area contributed by atoms with E-state index in [9.17, 15) is 13.5 Å². The minimum absolute atomic E-state index is 0.0384. The molecule has 1 saturated heterocycles. The molecule has 2 unspecified atom stereocenters. The zero-order chi connectivity index (χ0) is 13.6. The van der Waals surface area contributed by atoms with Gasteiger partial charge >= 0.3 is 0 Å². The van der Waals surface area contributed by atoms with Gasteiger partial charge < -0.3 is 10.0 Å². The number of aliphatic hydroxyl groups excluding tert-OH is 1. The summed E-state index contributed by atoms with van der Waals surface area (Å²) in [4.78, 5) is 7.65. The fraction of sp³-hybridized carbons (Fsp3) is 0.750. The first-order chi connectivity index (χ1) is 8.96. The van der Waals surface area contributed by atoms with Crippen molar-refractivity contribution in [2.45, 2.75) is 38.3 Å². The lowest BCUT2D eigenvalue weighted by molar-refractivity contribution is 0.160. The van der Waals surface area contributed by atoms with Crippen LogP contribution in [0.4, 0.5) is 5.13 Å². The minimum atomic E-state index is -2.90. The van der Waals surface area contributed by atoms with Crippen LogP contribution in [0.3, 0.4) is 0 Å². The van der Waals surface area contributed by atoms with Crippen LogP contribution in [0.1, 0.15) is 36.4 Å². The van der Waals surface area contributed by atoms with Gasteiger partial charge in [0.25, 0.3) is 0 Å². The lowest BCUT2D eigenvalue weighted by atomic mass is 10.0. The van der Waals surface area contributed by atoms with Crippen LogP contribution in [0.2, 0.25) is 0 Å². The van der Waals surface area contributed by atoms with Gasteiger partial charge in [-0.25, -0.2) is 13.4 Å². The van der Waals surface area contributed by atoms with Crippen molar-refractivity contribution in [1.82, 2.24) is 4.98 Å². The summed E-state index contributed by atoms with van der Waals surface area (Å²) in [7, 11) is -2.90. The van der Waals surface area contributed by atoms with Crippen molar-refractivity contribution in [3.63, 3.8) is 0 Å². The van der Waals surface area contributed by atoms with Crippen LogP contribution in [0.25, 0.3) is 0 Å². The first-order valence-corrected chi connectivity index (χ1v) is 9.25. The van der Waals surface area contributed by atoms with Gasteiger partial charge in [-0.3, -0.25) is 0 Å². The number of fused-ring (bicyclic) bond motifs is 1. The molecule has 0 amide bonds. The van der Waals surface area contributed by atoms with Crippen molar-refractivity contribution >= 4 is 26.3 Å². The Morgan fingerprint density at radius 1 is 1.47 bits per heavy atom. The van der Waals surface area contributed by atoms with Gasteiger partial charge in [0.2, 0.25) is 0 Å². The van der Waals surface area contributed by atoms with Crippen LogP contribution in [0, 0.1) is 0 Å². The standard InChI is InChI=1S/C12H18N2O3S2/c1-8-7-19(16,17)6-5-14(8)12-13-9-3-2-4-10(15)11(9)18-12/h8,10,15H,2-7H2,1H3. The smallest absolute Gasteiger partial charge is 0.186 e. The molecule has 2 atom stereocenters. The number of rotatable bonds is 1. The van der Waals surface area contributed by atoms with Crippen molar-refractivity contribution in [2.75, 3.05) is 23.0 Å². The molecule has 1 aromatic rings. The number of nitrogens with zero attached hydrogens (tertiary/aromatic N) is 2. The first kappa shape index (κ1) is 13.3. The largest absolute Gasteiger partial charge is 0.388 e. The van der Waals surface area contributed by atoms with Gasteiger partial charge in [-0.1, -0.05) is 11.3 Å². The Hall–Kier alpha value is -0.660. The van der Waals surface area contributed by atoms with Gasteiger partial charge in [-0.2, -0.15) is 0 Å². The first-order valence-electron chi connectivity index (χ1n) is 6.61. The summed E-state index contributed by atoms with van der Waals surface area (Å²) in [5.74, 6) is 0.393. The van der Waals surface area contributed by atoms with Gasteiger partial charge in [0.05, 0.1) is 28.2 Å². The topological polar surface area (TPSA) is 70.5 Å². The van der Waals surface area contributed by atoms with E-state index in [0.29, 0.717) is 6.54 Å². The van der Waals surface area contributed by atoms with E-state index in [1.807, 2.05) is 6.92 Å². The maximum absolute atomic E-state index is 11.6. The second kappa shape index (κ2) is 4.71. The van der Waals surface area contributed by atoms with Crippen molar-refractivity contribution in [1.29, 1.82) is 0 Å². The summed E-state index contributed by atoms with van der Waals surface area (Å²) in [5.41, 5.74) is 0.999. The quantitative estimate of drug-likeness (QED) is 0.842. The van der Waals surface area contributed by atoms with Crippen molar-refractivity contribution in [3.05, 3.63) is 10.6 Å². The molecule has 1 N–H and O–H groups in total. The predicted molar refractivity (Wildman–Crippen MR) is 75.5 cm³/mol. The van der Waals surface area contributed by atoms with Gasteiger partial charge in [0.15, 0.2) is 15.0 Å². The second-order valence-electron chi connectivity index (χ2n) is 5.37. The number of aliphatic hydroxyl groups is 1. The van der Waals surface area contributed by atoms with Gasteiger partial charge in [0, 0.05) is 12.6 Å². The highest BCUT2D eigenvalue weighted by atomic mass is 32.2. The van der Waals surface area contributed by atoms with E-state index in [1.165, 1.54) is 11.3 Å². The third-order valence-electron chi connectivity index (χ3n) is 3.83. The maximum Gasteiger partial charge on any atom is 0.186 e. The maximum atomic E-state index is 11.6. The van der Waals surface area contributed by atoms with Crippen LogP contribution >= 0.6 is 11.3 Å². The highest BCUT2D eigenvalue weighted by Gasteiger charge is 2.32. The van der Waals surface area contributed by atoms with Gasteiger partial charge in [-0.05, 0) is 26.2 Å². The Kier molecular flexibility index (Phi) is 3.31. The Balaban J connectivity index is 1.87. The molecule has 0 radical (unpaired) electrons. The third-order valence-corrected chi connectivity index (χ3v) is 6.86. The molecular formula is C12H18N2O3S2. The molecule has 2 aliphatic rings. The van der Waals surface area contributed by atoms with E-state index in [4.69, 9.17) is 0 Å². The molecule has 1 fully saturated rings. The van der Waals surface area contributed by atoms with E-state index >= 15 is 0 Å². The molecule has 0 saturated carbocycles. The molecule has 19 heavy (non-hydrogen) atoms. The van der Waals surface area contributed by atoms with Crippen molar-refractivity contribution in [3.8, 4) is 0 Å². The normalized spacial score (nSPS) is 30.1. The molecule has 106 valence electrons. The van der Waals surface area contributed by atoms with E-state index in [1.54, 1.807) is 0 Å². The van der Waals surface area contributed by atoms with E-state index in [0.717, 1.165) is 35.0 Å². The molecular weight excluding hydrogens is 284 g/mol. The molecule has 0 bridgehead atoms. The molecule has 1 aliphatic heterocycles. The summed E-state index contributed by atoms with van der Waals surface area (Å²) in [6.45, 7) is 2.43. The zero-order valence-corrected chi connectivity index (χ0v) is 12.5. The van der Waals surface area contributed by atoms with E-state index in [2.05, 4.69) is 9.88 Å². The van der Waals surface area contributed by atoms with Crippen LogP contribution in [0.15, 0.2) is 0 Å². The number of aromatic nitrogens is 1. The number of sulfone groups is 1. The molecule has 2 heterocycles. The Morgan fingerprint density at radius 3 is 2.95 bits per heavy atom. The predicted octanol–water partition coefficient (Wildman–Crippen LogP) is 1.14. The number of aryl methyl sites for hydroxylation is 1. The van der Waals surface area contributed by atoms with Crippen LogP contribution < -0.4 is 4.90 Å². The lowest BCUT2D eigenvalue weighted by Crippen LogP contribution is -2.47. The highest BCUT2D eigenvalue weighted by molar-refractivity contribution is 7.91. The summed E-state index contributed by atoms with van der Waals surface area (Å²) in [5, 5.41) is 10.8. The summed E-state index contributed by atoms with van der Waals surface area (Å²) in [6.07, 6.45) is 2.31. The molecule has 3 rings (SSSR count). The summed E-state index contributed by atoms with van der Waals surface area (Å²) >= 11 is 1.52. The molecule has 5 nitrogen and oxygen atoms in total. The minimum Gasteiger partial charge on any atom is -0.388 e. The molecule has 7 heteroatoms. The Bertz CT molecular complexity index is 582. The van der Waals surface area contributed by atoms with E-state index in [-0.39, 0.29) is 23.7 Å². The van der Waals surface area contributed by atoms with Crippen molar-refractivity contribution < 1.29 is 13.5 Å².